The van der Waals surface area contributed by atoms with E-state index in [0.717, 1.165) is 84.4 Å². The fraction of sp³-hybridized carbons (Fsp3) is 0.519. The normalized spacial score (nSPS) is 20.9. The van der Waals surface area contributed by atoms with Crippen molar-refractivity contribution in [3.8, 4) is 0 Å². The molecule has 1 amide bonds. The first-order valence-electron chi connectivity index (χ1n) is 12.6. The fourth-order valence-electron chi connectivity index (χ4n) is 5.99. The number of amides is 1. The number of likely N-dealkylation sites (tertiary alicyclic amines) is 2. The summed E-state index contributed by atoms with van der Waals surface area (Å²) in [5.41, 5.74) is 6.17. The summed E-state index contributed by atoms with van der Waals surface area (Å²) in [6.45, 7) is 3.78. The van der Waals surface area contributed by atoms with Gasteiger partial charge in [-0.15, -0.1) is 0 Å². The molecular formula is C27H31Br2ClN4O2. The minimum absolute atomic E-state index is 0.190. The predicted molar refractivity (Wildman–Crippen MR) is 150 cm³/mol. The Bertz CT molecular complexity index is 1160. The Kier molecular flexibility index (Phi) is 8.35. The maximum Gasteiger partial charge on any atom is 0.236 e. The van der Waals surface area contributed by atoms with E-state index in [0.29, 0.717) is 12.5 Å². The van der Waals surface area contributed by atoms with Gasteiger partial charge in [0.25, 0.3) is 0 Å². The lowest BCUT2D eigenvalue weighted by Crippen LogP contribution is -2.46. The van der Waals surface area contributed by atoms with Crippen molar-refractivity contribution >= 4 is 55.1 Å². The number of halogens is 3. The van der Waals surface area contributed by atoms with Gasteiger partial charge < -0.3 is 9.74 Å². The molecule has 0 unspecified atom stereocenters. The van der Waals surface area contributed by atoms with Crippen LogP contribution in [0.5, 0.6) is 0 Å². The minimum Gasteiger partial charge on any atom is -0.399 e. The van der Waals surface area contributed by atoms with Crippen LogP contribution < -0.4 is 0 Å². The number of oxime groups is 1. The lowest BCUT2D eigenvalue weighted by molar-refractivity contribution is -0.133. The summed E-state index contributed by atoms with van der Waals surface area (Å²) in [5, 5.41) is 4.83. The van der Waals surface area contributed by atoms with Gasteiger partial charge in [-0.1, -0.05) is 32.7 Å². The monoisotopic (exact) mass is 636 g/mol. The van der Waals surface area contributed by atoms with Gasteiger partial charge >= 0.3 is 0 Å². The number of benzene rings is 1. The van der Waals surface area contributed by atoms with Crippen LogP contribution in [0, 0.1) is 5.92 Å². The number of hydrogen-bond donors (Lipinski definition) is 0. The Morgan fingerprint density at radius 2 is 1.81 bits per heavy atom. The number of carbonyl (C=O) groups excluding carboxylic acids is 1. The average molecular weight is 639 g/mol. The van der Waals surface area contributed by atoms with Crippen LogP contribution in [0.25, 0.3) is 0 Å². The maximum absolute atomic E-state index is 13.1. The molecule has 36 heavy (non-hydrogen) atoms. The Labute approximate surface area is 234 Å². The number of nitrogens with zero attached hydrogens (tertiary/aromatic N) is 4. The van der Waals surface area contributed by atoms with Crippen LogP contribution in [0.1, 0.15) is 54.0 Å². The molecule has 2 aliphatic heterocycles. The summed E-state index contributed by atoms with van der Waals surface area (Å²) in [5.74, 6) is 0.839. The van der Waals surface area contributed by atoms with Crippen LogP contribution in [-0.4, -0.2) is 66.2 Å². The zero-order chi connectivity index (χ0) is 25.2. The zero-order valence-corrected chi connectivity index (χ0v) is 24.4. The van der Waals surface area contributed by atoms with E-state index in [1.54, 1.807) is 7.11 Å². The van der Waals surface area contributed by atoms with Gasteiger partial charge in [0.05, 0.1) is 18.0 Å². The van der Waals surface area contributed by atoms with Crippen molar-refractivity contribution in [2.45, 2.75) is 44.4 Å². The second-order valence-corrected chi connectivity index (χ2v) is 12.2. The van der Waals surface area contributed by atoms with Crippen molar-refractivity contribution < 1.29 is 9.63 Å². The molecule has 1 atom stereocenters. The third-order valence-electron chi connectivity index (χ3n) is 7.79. The van der Waals surface area contributed by atoms with Crippen LogP contribution in [0.4, 0.5) is 0 Å². The highest BCUT2D eigenvalue weighted by Crippen LogP contribution is 2.46. The highest BCUT2D eigenvalue weighted by Gasteiger charge is 2.36. The van der Waals surface area contributed by atoms with E-state index in [1.165, 1.54) is 22.4 Å². The van der Waals surface area contributed by atoms with Crippen molar-refractivity contribution in [2.24, 2.45) is 11.1 Å². The molecule has 0 spiro atoms. The van der Waals surface area contributed by atoms with E-state index in [2.05, 4.69) is 58.9 Å². The van der Waals surface area contributed by atoms with E-state index in [-0.39, 0.29) is 11.8 Å². The molecule has 9 heteroatoms. The van der Waals surface area contributed by atoms with Crippen LogP contribution >= 0.6 is 43.5 Å². The molecule has 1 aromatic heterocycles. The topological polar surface area (TPSA) is 58.0 Å². The number of piperidine rings is 2. The first-order valence-corrected chi connectivity index (χ1v) is 14.6. The van der Waals surface area contributed by atoms with Crippen molar-refractivity contribution in [2.75, 3.05) is 39.8 Å². The fourth-order valence-corrected chi connectivity index (χ4v) is 7.49. The van der Waals surface area contributed by atoms with Crippen LogP contribution in [0.15, 0.2) is 38.5 Å². The molecule has 5 rings (SSSR count). The van der Waals surface area contributed by atoms with Crippen molar-refractivity contribution in [1.29, 1.82) is 0 Å². The lowest BCUT2D eigenvalue weighted by Gasteiger charge is -2.38. The third kappa shape index (κ3) is 5.66. The molecule has 0 bridgehead atoms. The first-order chi connectivity index (χ1) is 17.4. The molecule has 2 aromatic rings. The van der Waals surface area contributed by atoms with Gasteiger partial charge in [-0.2, -0.15) is 0 Å². The van der Waals surface area contributed by atoms with Crippen molar-refractivity contribution in [1.82, 2.24) is 14.8 Å². The molecule has 3 aliphatic rings. The number of aryl methyl sites for hydroxylation is 2. The summed E-state index contributed by atoms with van der Waals surface area (Å²) >= 11 is 13.9. The smallest absolute Gasteiger partial charge is 0.236 e. The molecular weight excluding hydrogens is 608 g/mol. The van der Waals surface area contributed by atoms with Gasteiger partial charge in [0, 0.05) is 65.1 Å². The number of pyridine rings is 1. The lowest BCUT2D eigenvalue weighted by atomic mass is 9.76. The Morgan fingerprint density at radius 3 is 2.53 bits per heavy atom. The second-order valence-electron chi connectivity index (χ2n) is 9.97. The summed E-state index contributed by atoms with van der Waals surface area (Å²) in [6.07, 6.45) is 7.47. The second kappa shape index (κ2) is 11.5. The molecule has 0 radical (unpaired) electrons. The number of carbonyl (C=O) groups is 1. The van der Waals surface area contributed by atoms with Crippen LogP contribution in [0.3, 0.4) is 0 Å². The largest absolute Gasteiger partial charge is 0.399 e. The molecule has 2 fully saturated rings. The van der Waals surface area contributed by atoms with Crippen LogP contribution in [0.2, 0.25) is 5.02 Å². The van der Waals surface area contributed by atoms with Crippen LogP contribution in [-0.2, 0) is 22.5 Å². The van der Waals surface area contributed by atoms with E-state index in [4.69, 9.17) is 21.4 Å². The number of rotatable bonds is 4. The van der Waals surface area contributed by atoms with Gasteiger partial charge in [-0.25, -0.2) is 0 Å². The van der Waals surface area contributed by atoms with Gasteiger partial charge in [-0.05, 0) is 82.4 Å². The average Bonchev–Trinajstić information content (AvgIpc) is 3.02. The third-order valence-corrected chi connectivity index (χ3v) is 9.10. The van der Waals surface area contributed by atoms with E-state index in [9.17, 15) is 4.79 Å². The van der Waals surface area contributed by atoms with E-state index in [1.807, 2.05) is 12.3 Å². The van der Waals surface area contributed by atoms with Crippen molar-refractivity contribution in [3.05, 3.63) is 60.7 Å². The molecule has 0 saturated carbocycles. The molecule has 0 N–H and O–H groups in total. The number of fused-ring (bicyclic) bond motifs is 2. The number of aromatic nitrogens is 1. The van der Waals surface area contributed by atoms with Gasteiger partial charge in [0.15, 0.2) is 0 Å². The summed E-state index contributed by atoms with van der Waals surface area (Å²) in [4.78, 5) is 27.3. The SMILES string of the molecule is CON=C1CCN(CC(=O)N2CCC([C@H]3c4ncc(Br)cc4CCc4cc(Cl)cc(Br)c43)CC2)CC1. The van der Waals surface area contributed by atoms with Gasteiger partial charge in [0.2, 0.25) is 5.91 Å². The predicted octanol–water partition coefficient (Wildman–Crippen LogP) is 5.83. The summed E-state index contributed by atoms with van der Waals surface area (Å²) in [7, 11) is 1.58. The standard InChI is InChI=1S/C27H31Br2ClN4O2/c1-36-32-22-6-8-33(9-7-22)16-24(35)34-10-4-17(5-11-34)26-25-18(13-21(30)14-23(25)29)2-3-19-12-20(28)15-31-27(19)26/h12-15,17,26H,2-11,16H2,1H3/t26-/m1/s1. The van der Waals surface area contributed by atoms with Gasteiger partial charge in [-0.3, -0.25) is 14.7 Å². The quantitative estimate of drug-likeness (QED) is 0.396. The Balaban J connectivity index is 1.31. The highest BCUT2D eigenvalue weighted by atomic mass is 79.9. The minimum atomic E-state index is 0.190. The molecule has 6 nitrogen and oxygen atoms in total. The summed E-state index contributed by atoms with van der Waals surface area (Å²) < 4.78 is 2.08. The van der Waals surface area contributed by atoms with E-state index >= 15 is 0 Å². The Hall–Kier alpha value is -1.48. The number of hydrogen-bond acceptors (Lipinski definition) is 5. The Morgan fingerprint density at radius 1 is 1.08 bits per heavy atom. The molecule has 2 saturated heterocycles. The van der Waals surface area contributed by atoms with Crippen molar-refractivity contribution in [3.63, 3.8) is 0 Å². The van der Waals surface area contributed by atoms with Gasteiger partial charge in [0.1, 0.15) is 7.11 Å². The molecule has 192 valence electrons. The maximum atomic E-state index is 13.1. The molecule has 1 aromatic carbocycles. The van der Waals surface area contributed by atoms with E-state index < -0.39 is 0 Å². The highest BCUT2D eigenvalue weighted by molar-refractivity contribution is 9.10. The molecule has 1 aliphatic carbocycles. The first kappa shape index (κ1) is 26.1. The summed E-state index contributed by atoms with van der Waals surface area (Å²) in [6, 6.07) is 6.35. The molecule has 3 heterocycles. The zero-order valence-electron chi connectivity index (χ0n) is 20.5.